The first-order chi connectivity index (χ1) is 9.43. The van der Waals surface area contributed by atoms with Crippen molar-refractivity contribution < 1.29 is 8.42 Å². The zero-order valence-electron chi connectivity index (χ0n) is 11.0. The number of nitrogens with zero attached hydrogens (tertiary/aromatic N) is 2. The van der Waals surface area contributed by atoms with Crippen LogP contribution in [-0.4, -0.2) is 37.1 Å². The maximum Gasteiger partial charge on any atom is 0.211 e. The summed E-state index contributed by atoms with van der Waals surface area (Å²) in [4.78, 5) is 4.65. The van der Waals surface area contributed by atoms with Gasteiger partial charge in [-0.2, -0.15) is 0 Å². The van der Waals surface area contributed by atoms with Crippen molar-refractivity contribution in [1.82, 2.24) is 9.29 Å². The van der Waals surface area contributed by atoms with Gasteiger partial charge in [-0.25, -0.2) is 17.7 Å². The minimum absolute atomic E-state index is 0.351. The third-order valence-electron chi connectivity index (χ3n) is 3.64. The highest BCUT2D eigenvalue weighted by Gasteiger charge is 2.27. The van der Waals surface area contributed by atoms with Crippen LogP contribution in [0.1, 0.15) is 23.8 Å². The average Bonchev–Trinajstić information content (AvgIpc) is 2.80. The molecule has 4 nitrogen and oxygen atoms in total. The van der Waals surface area contributed by atoms with Crippen molar-refractivity contribution >= 4 is 43.2 Å². The molecule has 0 unspecified atom stereocenters. The van der Waals surface area contributed by atoms with Crippen LogP contribution in [0, 0.1) is 0 Å². The van der Waals surface area contributed by atoms with Crippen molar-refractivity contribution in [2.45, 2.75) is 18.8 Å². The summed E-state index contributed by atoms with van der Waals surface area (Å²) >= 11 is 7.66. The van der Waals surface area contributed by atoms with E-state index >= 15 is 0 Å². The average molecular weight is 331 g/mol. The number of fused-ring (bicyclic) bond motifs is 1. The van der Waals surface area contributed by atoms with Crippen LogP contribution in [0.5, 0.6) is 0 Å². The molecule has 1 aromatic carbocycles. The molecule has 7 heteroatoms. The Hall–Kier alpha value is -0.690. The normalized spacial score (nSPS) is 18.7. The van der Waals surface area contributed by atoms with Crippen molar-refractivity contribution in [2.75, 3.05) is 19.3 Å². The summed E-state index contributed by atoms with van der Waals surface area (Å²) in [7, 11) is -3.06. The fraction of sp³-hybridized carbons (Fsp3) is 0.462. The minimum atomic E-state index is -3.06. The Balaban J connectivity index is 1.80. The summed E-state index contributed by atoms with van der Waals surface area (Å²) in [6.07, 6.45) is 2.94. The first-order valence-electron chi connectivity index (χ1n) is 6.44. The lowest BCUT2D eigenvalue weighted by Crippen LogP contribution is -2.37. The van der Waals surface area contributed by atoms with Crippen molar-refractivity contribution in [3.05, 3.63) is 28.2 Å². The molecule has 0 atom stereocenters. The van der Waals surface area contributed by atoms with Gasteiger partial charge in [0.1, 0.15) is 0 Å². The van der Waals surface area contributed by atoms with E-state index in [0.29, 0.717) is 24.0 Å². The molecule has 20 heavy (non-hydrogen) atoms. The molecular weight excluding hydrogens is 316 g/mol. The second-order valence-corrected chi connectivity index (χ2v) is 8.58. The van der Waals surface area contributed by atoms with E-state index in [9.17, 15) is 8.42 Å². The lowest BCUT2D eigenvalue weighted by molar-refractivity contribution is 0.321. The van der Waals surface area contributed by atoms with Gasteiger partial charge in [0.2, 0.25) is 10.0 Å². The molecule has 108 valence electrons. The van der Waals surface area contributed by atoms with Crippen molar-refractivity contribution in [3.8, 4) is 0 Å². The highest BCUT2D eigenvalue weighted by molar-refractivity contribution is 7.88. The van der Waals surface area contributed by atoms with Crippen LogP contribution in [0.15, 0.2) is 18.2 Å². The molecule has 1 aliphatic heterocycles. The van der Waals surface area contributed by atoms with E-state index in [4.69, 9.17) is 11.6 Å². The van der Waals surface area contributed by atoms with Gasteiger partial charge >= 0.3 is 0 Å². The smallest absolute Gasteiger partial charge is 0.211 e. The summed E-state index contributed by atoms with van der Waals surface area (Å²) in [5.41, 5.74) is 0.933. The zero-order valence-corrected chi connectivity index (χ0v) is 13.4. The topological polar surface area (TPSA) is 50.3 Å². The standard InChI is InChI=1S/C13H15ClN2O2S2/c1-20(17,18)16-6-4-9(5-7-16)13-15-11-8-10(14)2-3-12(11)19-13/h2-3,8-9H,4-7H2,1H3. The number of thiazole rings is 1. The highest BCUT2D eigenvalue weighted by Crippen LogP contribution is 2.35. The zero-order chi connectivity index (χ0) is 14.3. The summed E-state index contributed by atoms with van der Waals surface area (Å²) < 4.78 is 25.7. The van der Waals surface area contributed by atoms with Gasteiger partial charge in [-0.1, -0.05) is 11.6 Å². The van der Waals surface area contributed by atoms with Gasteiger partial charge in [0, 0.05) is 24.0 Å². The molecule has 0 N–H and O–H groups in total. The van der Waals surface area contributed by atoms with Crippen LogP contribution in [-0.2, 0) is 10.0 Å². The Morgan fingerprint density at radius 3 is 2.70 bits per heavy atom. The number of halogens is 1. The van der Waals surface area contributed by atoms with Gasteiger partial charge in [-0.05, 0) is 31.0 Å². The van der Waals surface area contributed by atoms with Gasteiger partial charge in [0.25, 0.3) is 0 Å². The van der Waals surface area contributed by atoms with E-state index in [-0.39, 0.29) is 0 Å². The van der Waals surface area contributed by atoms with E-state index in [0.717, 1.165) is 28.1 Å². The summed E-state index contributed by atoms with van der Waals surface area (Å²) in [6, 6.07) is 5.74. The van der Waals surface area contributed by atoms with E-state index in [2.05, 4.69) is 4.98 Å². The summed E-state index contributed by atoms with van der Waals surface area (Å²) in [6.45, 7) is 1.17. The van der Waals surface area contributed by atoms with Gasteiger partial charge < -0.3 is 0 Å². The van der Waals surface area contributed by atoms with E-state index in [1.807, 2.05) is 18.2 Å². The maximum absolute atomic E-state index is 11.5. The molecule has 1 saturated heterocycles. The number of hydrogen-bond donors (Lipinski definition) is 0. The lowest BCUT2D eigenvalue weighted by atomic mass is 9.99. The first kappa shape index (κ1) is 14.3. The van der Waals surface area contributed by atoms with Gasteiger partial charge in [-0.15, -0.1) is 11.3 Å². The molecule has 0 spiro atoms. The monoisotopic (exact) mass is 330 g/mol. The van der Waals surface area contributed by atoms with E-state index in [1.54, 1.807) is 15.6 Å². The molecular formula is C13H15ClN2O2S2. The minimum Gasteiger partial charge on any atom is -0.241 e. The molecule has 0 saturated carbocycles. The number of sulfonamides is 1. The SMILES string of the molecule is CS(=O)(=O)N1CCC(c2nc3cc(Cl)ccc3s2)CC1. The molecule has 0 radical (unpaired) electrons. The van der Waals surface area contributed by atoms with Crippen LogP contribution in [0.25, 0.3) is 10.2 Å². The number of rotatable bonds is 2. The van der Waals surface area contributed by atoms with Gasteiger partial charge in [-0.3, -0.25) is 0 Å². The third kappa shape index (κ3) is 2.83. The Bertz CT molecular complexity index is 734. The van der Waals surface area contributed by atoms with Crippen molar-refractivity contribution in [3.63, 3.8) is 0 Å². The number of piperidine rings is 1. The maximum atomic E-state index is 11.5. The summed E-state index contributed by atoms with van der Waals surface area (Å²) in [5.74, 6) is 0.351. The van der Waals surface area contributed by atoms with Crippen molar-refractivity contribution in [2.24, 2.45) is 0 Å². The third-order valence-corrected chi connectivity index (χ3v) is 6.38. The number of benzene rings is 1. The van der Waals surface area contributed by atoms with Crippen molar-refractivity contribution in [1.29, 1.82) is 0 Å². The van der Waals surface area contributed by atoms with Crippen LogP contribution in [0.3, 0.4) is 0 Å². The van der Waals surface area contributed by atoms with Crippen LogP contribution >= 0.6 is 22.9 Å². The van der Waals surface area contributed by atoms with Gasteiger partial charge in [0.05, 0.1) is 21.5 Å². The Morgan fingerprint density at radius 1 is 1.35 bits per heavy atom. The molecule has 2 aromatic rings. The predicted octanol–water partition coefficient (Wildman–Crippen LogP) is 3.09. The molecule has 0 bridgehead atoms. The second-order valence-electron chi connectivity index (χ2n) is 5.10. The first-order valence-corrected chi connectivity index (χ1v) is 9.49. The molecule has 3 rings (SSSR count). The molecule has 0 aliphatic carbocycles. The Labute approximate surface area is 127 Å². The molecule has 1 fully saturated rings. The second kappa shape index (κ2) is 5.26. The lowest BCUT2D eigenvalue weighted by Gasteiger charge is -2.29. The van der Waals surface area contributed by atoms with E-state index in [1.165, 1.54) is 6.26 Å². The van der Waals surface area contributed by atoms with Crippen LogP contribution < -0.4 is 0 Å². The molecule has 1 aliphatic rings. The highest BCUT2D eigenvalue weighted by atomic mass is 35.5. The molecule has 1 aromatic heterocycles. The quantitative estimate of drug-likeness (QED) is 0.850. The molecule has 2 heterocycles. The number of hydrogen-bond acceptors (Lipinski definition) is 4. The van der Waals surface area contributed by atoms with Crippen LogP contribution in [0.4, 0.5) is 0 Å². The summed E-state index contributed by atoms with van der Waals surface area (Å²) in [5, 5.41) is 1.79. The molecule has 0 amide bonds. The van der Waals surface area contributed by atoms with E-state index < -0.39 is 10.0 Å². The fourth-order valence-corrected chi connectivity index (χ4v) is 4.68. The Kier molecular flexibility index (Phi) is 3.75. The largest absolute Gasteiger partial charge is 0.241 e. The van der Waals surface area contributed by atoms with Gasteiger partial charge in [0.15, 0.2) is 0 Å². The fourth-order valence-electron chi connectivity index (χ4n) is 2.53. The van der Waals surface area contributed by atoms with Crippen LogP contribution in [0.2, 0.25) is 5.02 Å². The Morgan fingerprint density at radius 2 is 2.05 bits per heavy atom. The number of aromatic nitrogens is 1. The predicted molar refractivity (Wildman–Crippen MR) is 83.0 cm³/mol.